The average molecular weight is 436 g/mol. The maximum atomic E-state index is 12.4. The molecule has 0 saturated carbocycles. The van der Waals surface area contributed by atoms with Gasteiger partial charge in [0.15, 0.2) is 0 Å². The Balaban J connectivity index is 1.61. The van der Waals surface area contributed by atoms with Gasteiger partial charge in [-0.3, -0.25) is 0 Å². The second kappa shape index (κ2) is 8.03. The molecule has 0 bridgehead atoms. The van der Waals surface area contributed by atoms with Gasteiger partial charge in [0.05, 0.1) is 22.2 Å². The fraction of sp³-hybridized carbons (Fsp3) is 0.167. The molecule has 3 aromatic rings. The molecule has 1 N–H and O–H groups in total. The molecule has 0 unspecified atom stereocenters. The SMILES string of the molecule is COc1ccc(S(=O)(=O)NCCc2ccc(-n3cccn3)cc2)cc1Br. The summed E-state index contributed by atoms with van der Waals surface area (Å²) in [5, 5.41) is 4.18. The Bertz CT molecular complexity index is 971. The van der Waals surface area contributed by atoms with Crippen LogP contribution in [0.1, 0.15) is 5.56 Å². The van der Waals surface area contributed by atoms with Crippen LogP contribution in [0.25, 0.3) is 5.69 Å². The topological polar surface area (TPSA) is 73.2 Å². The van der Waals surface area contributed by atoms with Crippen LogP contribution in [0.3, 0.4) is 0 Å². The molecule has 0 fully saturated rings. The van der Waals surface area contributed by atoms with Gasteiger partial charge in [-0.2, -0.15) is 5.10 Å². The standard InChI is InChI=1S/C18H18BrN3O3S/c1-25-18-8-7-16(13-17(18)19)26(23,24)21-11-9-14-3-5-15(6-4-14)22-12-2-10-20-22/h2-8,10,12-13,21H,9,11H2,1H3. The van der Waals surface area contributed by atoms with Crippen LogP contribution in [-0.4, -0.2) is 31.9 Å². The van der Waals surface area contributed by atoms with Crippen LogP contribution >= 0.6 is 15.9 Å². The molecule has 0 saturated heterocycles. The van der Waals surface area contributed by atoms with Crippen molar-refractivity contribution in [3.63, 3.8) is 0 Å². The van der Waals surface area contributed by atoms with Crippen molar-refractivity contribution in [1.82, 2.24) is 14.5 Å². The third-order valence-electron chi connectivity index (χ3n) is 3.84. The molecule has 0 spiro atoms. The molecule has 0 aliphatic carbocycles. The van der Waals surface area contributed by atoms with E-state index in [1.807, 2.05) is 36.5 Å². The van der Waals surface area contributed by atoms with E-state index in [1.54, 1.807) is 16.9 Å². The van der Waals surface area contributed by atoms with Crippen LogP contribution in [0.5, 0.6) is 5.75 Å². The number of sulfonamides is 1. The summed E-state index contributed by atoms with van der Waals surface area (Å²) in [4.78, 5) is 0.194. The smallest absolute Gasteiger partial charge is 0.240 e. The zero-order valence-electron chi connectivity index (χ0n) is 14.1. The minimum Gasteiger partial charge on any atom is -0.496 e. The summed E-state index contributed by atoms with van der Waals surface area (Å²) in [6.45, 7) is 0.313. The van der Waals surface area contributed by atoms with Crippen molar-refractivity contribution < 1.29 is 13.2 Å². The van der Waals surface area contributed by atoms with E-state index in [9.17, 15) is 8.42 Å². The lowest BCUT2D eigenvalue weighted by molar-refractivity contribution is 0.411. The Morgan fingerprint density at radius 1 is 1.19 bits per heavy atom. The number of aromatic nitrogens is 2. The summed E-state index contributed by atoms with van der Waals surface area (Å²) in [6.07, 6.45) is 4.19. The van der Waals surface area contributed by atoms with Gasteiger partial charge < -0.3 is 4.74 Å². The van der Waals surface area contributed by atoms with Crippen LogP contribution in [-0.2, 0) is 16.4 Å². The number of rotatable bonds is 7. The predicted molar refractivity (Wildman–Crippen MR) is 103 cm³/mol. The first kappa shape index (κ1) is 18.6. The Hall–Kier alpha value is -2.16. The Morgan fingerprint density at radius 2 is 1.96 bits per heavy atom. The van der Waals surface area contributed by atoms with E-state index in [2.05, 4.69) is 25.8 Å². The largest absolute Gasteiger partial charge is 0.496 e. The average Bonchev–Trinajstić information content (AvgIpc) is 3.17. The molecule has 0 aliphatic heterocycles. The van der Waals surface area contributed by atoms with Crippen LogP contribution in [0.15, 0.2) is 70.3 Å². The third-order valence-corrected chi connectivity index (χ3v) is 5.92. The van der Waals surface area contributed by atoms with Crippen molar-refractivity contribution in [2.45, 2.75) is 11.3 Å². The molecule has 1 heterocycles. The van der Waals surface area contributed by atoms with Crippen LogP contribution in [0.2, 0.25) is 0 Å². The normalized spacial score (nSPS) is 11.5. The summed E-state index contributed by atoms with van der Waals surface area (Å²) in [7, 11) is -2.04. The van der Waals surface area contributed by atoms with Gasteiger partial charge in [0.25, 0.3) is 0 Å². The maximum absolute atomic E-state index is 12.4. The van der Waals surface area contributed by atoms with Crippen LogP contribution in [0.4, 0.5) is 0 Å². The quantitative estimate of drug-likeness (QED) is 0.618. The lowest BCUT2D eigenvalue weighted by Gasteiger charge is -2.09. The van der Waals surface area contributed by atoms with Crippen molar-refractivity contribution in [1.29, 1.82) is 0 Å². The lowest BCUT2D eigenvalue weighted by Crippen LogP contribution is -2.26. The van der Waals surface area contributed by atoms with Crippen molar-refractivity contribution in [3.05, 3.63) is 71.0 Å². The van der Waals surface area contributed by atoms with E-state index in [4.69, 9.17) is 4.74 Å². The van der Waals surface area contributed by atoms with Crippen LogP contribution in [0, 0.1) is 0 Å². The molecule has 1 aromatic heterocycles. The molecule has 0 radical (unpaired) electrons. The van der Waals surface area contributed by atoms with Gasteiger partial charge >= 0.3 is 0 Å². The number of hydrogen-bond acceptors (Lipinski definition) is 4. The van der Waals surface area contributed by atoms with E-state index in [1.165, 1.54) is 19.2 Å². The van der Waals surface area contributed by atoms with Crippen LogP contribution < -0.4 is 9.46 Å². The highest BCUT2D eigenvalue weighted by Crippen LogP contribution is 2.27. The fourth-order valence-corrected chi connectivity index (χ4v) is 4.21. The summed E-state index contributed by atoms with van der Waals surface area (Å²) in [5.74, 6) is 0.584. The van der Waals surface area contributed by atoms with Crippen molar-refractivity contribution >= 4 is 26.0 Å². The van der Waals surface area contributed by atoms with E-state index >= 15 is 0 Å². The number of nitrogens with zero attached hydrogens (tertiary/aromatic N) is 2. The molecule has 0 atom stereocenters. The van der Waals surface area contributed by atoms with Gasteiger partial charge in [-0.05, 0) is 64.3 Å². The molecule has 0 amide bonds. The number of halogens is 1. The first-order valence-corrected chi connectivity index (χ1v) is 10.2. The summed E-state index contributed by atoms with van der Waals surface area (Å²) in [5.41, 5.74) is 2.00. The monoisotopic (exact) mass is 435 g/mol. The number of methoxy groups -OCH3 is 1. The first-order chi connectivity index (χ1) is 12.5. The van der Waals surface area contributed by atoms with Crippen molar-refractivity contribution in [2.75, 3.05) is 13.7 Å². The zero-order chi connectivity index (χ0) is 18.6. The third kappa shape index (κ3) is 4.32. The van der Waals surface area contributed by atoms with Gasteiger partial charge in [-0.25, -0.2) is 17.8 Å². The van der Waals surface area contributed by atoms with Gasteiger partial charge in [0, 0.05) is 18.9 Å². The Morgan fingerprint density at radius 3 is 2.58 bits per heavy atom. The van der Waals surface area contributed by atoms with E-state index in [-0.39, 0.29) is 4.90 Å². The molecular weight excluding hydrogens is 418 g/mol. The number of nitrogens with one attached hydrogen (secondary N) is 1. The van der Waals surface area contributed by atoms with Gasteiger partial charge in [-0.1, -0.05) is 12.1 Å². The molecule has 26 heavy (non-hydrogen) atoms. The maximum Gasteiger partial charge on any atom is 0.240 e. The van der Waals surface area contributed by atoms with Gasteiger partial charge in [-0.15, -0.1) is 0 Å². The number of ether oxygens (including phenoxy) is 1. The van der Waals surface area contributed by atoms with Gasteiger partial charge in [0.1, 0.15) is 5.75 Å². The molecule has 6 nitrogen and oxygen atoms in total. The van der Waals surface area contributed by atoms with Crippen molar-refractivity contribution in [3.8, 4) is 11.4 Å². The molecule has 136 valence electrons. The second-order valence-corrected chi connectivity index (χ2v) is 8.18. The highest BCUT2D eigenvalue weighted by molar-refractivity contribution is 9.10. The lowest BCUT2D eigenvalue weighted by atomic mass is 10.1. The van der Waals surface area contributed by atoms with E-state index in [0.717, 1.165) is 11.3 Å². The van der Waals surface area contributed by atoms with E-state index < -0.39 is 10.0 Å². The predicted octanol–water partition coefficient (Wildman–Crippen LogP) is 3.16. The van der Waals surface area contributed by atoms with Crippen molar-refractivity contribution in [2.24, 2.45) is 0 Å². The summed E-state index contributed by atoms with van der Waals surface area (Å²) >= 11 is 3.30. The van der Waals surface area contributed by atoms with E-state index in [0.29, 0.717) is 23.2 Å². The summed E-state index contributed by atoms with van der Waals surface area (Å²) < 4.78 is 34.9. The molecule has 0 aliphatic rings. The van der Waals surface area contributed by atoms with Gasteiger partial charge in [0.2, 0.25) is 10.0 Å². The number of benzene rings is 2. The second-order valence-electron chi connectivity index (χ2n) is 5.56. The molecule has 8 heteroatoms. The molecular formula is C18H18BrN3O3S. The molecule has 2 aromatic carbocycles. The molecule has 3 rings (SSSR count). The zero-order valence-corrected chi connectivity index (χ0v) is 16.5. The summed E-state index contributed by atoms with van der Waals surface area (Å²) in [6, 6.07) is 14.4. The minimum absolute atomic E-state index is 0.194. The highest BCUT2D eigenvalue weighted by atomic mass is 79.9. The first-order valence-electron chi connectivity index (χ1n) is 7.92. The number of hydrogen-bond donors (Lipinski definition) is 1. The Kier molecular flexibility index (Phi) is 5.75. The fourth-order valence-electron chi connectivity index (χ4n) is 2.46. The Labute approximate surface area is 161 Å². The minimum atomic E-state index is -3.57. The highest BCUT2D eigenvalue weighted by Gasteiger charge is 2.15.